The van der Waals surface area contributed by atoms with E-state index in [1.165, 1.54) is 0 Å². The maximum Gasteiger partial charge on any atom is -0.0331 e. The molecule has 7 heavy (non-hydrogen) atoms. The summed E-state index contributed by atoms with van der Waals surface area (Å²) in [5, 5.41) is 0. The minimum Gasteiger partial charge on any atom is -0.0623 e. The Morgan fingerprint density at radius 3 is 1.43 bits per heavy atom. The lowest BCUT2D eigenvalue weighted by atomic mass is 9.84. The van der Waals surface area contributed by atoms with Gasteiger partial charge in [0.05, 0.1) is 0 Å². The van der Waals surface area contributed by atoms with Gasteiger partial charge in [-0.2, -0.15) is 0 Å². The Morgan fingerprint density at radius 2 is 1.43 bits per heavy atom. The van der Waals surface area contributed by atoms with Gasteiger partial charge < -0.3 is 0 Å². The molecule has 0 fully saturated rings. The Labute approximate surface area is 46.9 Å². The van der Waals surface area contributed by atoms with Crippen LogP contribution in [0, 0.1) is 18.3 Å². The van der Waals surface area contributed by atoms with Gasteiger partial charge in [0.25, 0.3) is 0 Å². The van der Waals surface area contributed by atoms with E-state index in [4.69, 9.17) is 0 Å². The first-order chi connectivity index (χ1) is 2.94. The van der Waals surface area contributed by atoms with Crippen molar-refractivity contribution in [1.82, 2.24) is 0 Å². The molecule has 0 spiro atoms. The predicted octanol–water partition coefficient (Wildman–Crippen LogP) is 2.50. The molecule has 0 bridgehead atoms. The van der Waals surface area contributed by atoms with Gasteiger partial charge in [0.2, 0.25) is 0 Å². The minimum atomic E-state index is 0.250. The maximum atomic E-state index is 3.97. The van der Waals surface area contributed by atoms with E-state index in [-0.39, 0.29) is 5.41 Å². The zero-order valence-corrected chi connectivity index (χ0v) is 5.78. The quantitative estimate of drug-likeness (QED) is 0.474. The van der Waals surface area contributed by atoms with Gasteiger partial charge in [-0.3, -0.25) is 0 Å². The molecule has 0 saturated carbocycles. The second kappa shape index (κ2) is 1.85. The summed E-state index contributed by atoms with van der Waals surface area (Å²) in [5.74, 6) is 0.687. The molecule has 43 valence electrons. The Morgan fingerprint density at radius 1 is 1.29 bits per heavy atom. The number of hydrogen-bond donors (Lipinski definition) is 0. The van der Waals surface area contributed by atoms with Crippen LogP contribution in [-0.4, -0.2) is 0 Å². The van der Waals surface area contributed by atoms with Crippen molar-refractivity contribution in [2.24, 2.45) is 11.3 Å². The topological polar surface area (TPSA) is 0 Å². The van der Waals surface area contributed by atoms with Gasteiger partial charge in [0, 0.05) is 0 Å². The van der Waals surface area contributed by atoms with Crippen molar-refractivity contribution in [2.45, 2.75) is 27.7 Å². The number of hydrogen-bond acceptors (Lipinski definition) is 0. The third-order valence-electron chi connectivity index (χ3n) is 1.56. The van der Waals surface area contributed by atoms with Crippen LogP contribution in [0.1, 0.15) is 27.7 Å². The van der Waals surface area contributed by atoms with Crippen molar-refractivity contribution in [2.75, 3.05) is 0 Å². The van der Waals surface area contributed by atoms with E-state index in [9.17, 15) is 0 Å². The van der Waals surface area contributed by atoms with Crippen molar-refractivity contribution >= 4 is 0 Å². The Balaban J connectivity index is 3.54. The average molecular weight is 99.2 g/mol. The first-order valence-corrected chi connectivity index (χ1v) is 2.80. The Kier molecular flexibility index (Phi) is 1.85. The van der Waals surface area contributed by atoms with Crippen LogP contribution in [0.2, 0.25) is 0 Å². The van der Waals surface area contributed by atoms with Gasteiger partial charge in [-0.25, -0.2) is 0 Å². The first kappa shape index (κ1) is 7.00. The van der Waals surface area contributed by atoms with Gasteiger partial charge in [-0.1, -0.05) is 27.7 Å². The van der Waals surface area contributed by atoms with E-state index >= 15 is 0 Å². The molecule has 0 aromatic carbocycles. The largest absolute Gasteiger partial charge is 0.0623 e. The van der Waals surface area contributed by atoms with Crippen LogP contribution in [0.5, 0.6) is 0 Å². The van der Waals surface area contributed by atoms with Crippen LogP contribution < -0.4 is 0 Å². The van der Waals surface area contributed by atoms with Gasteiger partial charge in [0.15, 0.2) is 0 Å². The lowest BCUT2D eigenvalue weighted by molar-refractivity contribution is 0.329. The molecule has 0 atom stereocenters. The molecular formula is C7H15. The Hall–Kier alpha value is 0. The van der Waals surface area contributed by atoms with Crippen LogP contribution in [0.3, 0.4) is 0 Å². The van der Waals surface area contributed by atoms with E-state index in [2.05, 4.69) is 34.6 Å². The van der Waals surface area contributed by atoms with Gasteiger partial charge >= 0.3 is 0 Å². The van der Waals surface area contributed by atoms with Crippen LogP contribution in [-0.2, 0) is 0 Å². The van der Waals surface area contributed by atoms with Gasteiger partial charge in [-0.15, -0.1) is 0 Å². The molecule has 1 radical (unpaired) electrons. The highest BCUT2D eigenvalue weighted by Gasteiger charge is 2.13. The molecule has 0 heterocycles. The van der Waals surface area contributed by atoms with Crippen LogP contribution >= 0.6 is 0 Å². The van der Waals surface area contributed by atoms with Crippen molar-refractivity contribution in [3.63, 3.8) is 0 Å². The summed E-state index contributed by atoms with van der Waals surface area (Å²) in [6, 6.07) is 0. The molecule has 0 saturated heterocycles. The van der Waals surface area contributed by atoms with Gasteiger partial charge in [-0.05, 0) is 18.3 Å². The summed E-state index contributed by atoms with van der Waals surface area (Å²) in [4.78, 5) is 0. The molecule has 0 N–H and O–H groups in total. The van der Waals surface area contributed by atoms with Crippen molar-refractivity contribution in [1.29, 1.82) is 0 Å². The monoisotopic (exact) mass is 99.1 g/mol. The first-order valence-electron chi connectivity index (χ1n) is 2.80. The lowest BCUT2D eigenvalue weighted by Gasteiger charge is -2.22. The summed E-state index contributed by atoms with van der Waals surface area (Å²) in [5.41, 5.74) is 0.250. The molecule has 0 aromatic rings. The molecule has 0 aromatic heterocycles. The third-order valence-corrected chi connectivity index (χ3v) is 1.56. The molecule has 0 aliphatic carbocycles. The molecule has 0 rings (SSSR count). The van der Waals surface area contributed by atoms with E-state index in [0.717, 1.165) is 0 Å². The highest BCUT2D eigenvalue weighted by Crippen LogP contribution is 2.23. The van der Waals surface area contributed by atoms with E-state index in [1.54, 1.807) is 0 Å². The highest BCUT2D eigenvalue weighted by molar-refractivity contribution is 4.73. The predicted molar refractivity (Wildman–Crippen MR) is 34.0 cm³/mol. The number of rotatable bonds is 1. The Bertz CT molecular complexity index is 45.5. The van der Waals surface area contributed by atoms with Crippen LogP contribution in [0.25, 0.3) is 0 Å². The molecule has 0 amide bonds. The van der Waals surface area contributed by atoms with Crippen molar-refractivity contribution < 1.29 is 0 Å². The zero-order valence-electron chi connectivity index (χ0n) is 5.78. The van der Waals surface area contributed by atoms with Gasteiger partial charge in [0.1, 0.15) is 0 Å². The zero-order chi connectivity index (χ0) is 6.08. The maximum absolute atomic E-state index is 3.97. The second-order valence-electron chi connectivity index (χ2n) is 3.14. The van der Waals surface area contributed by atoms with Crippen LogP contribution in [0.4, 0.5) is 0 Å². The fourth-order valence-electron chi connectivity index (χ4n) is 0. The fraction of sp³-hybridized carbons (Fsp3) is 0.857. The summed E-state index contributed by atoms with van der Waals surface area (Å²) in [6.07, 6.45) is 0. The lowest BCUT2D eigenvalue weighted by Crippen LogP contribution is -2.13. The highest BCUT2D eigenvalue weighted by atomic mass is 14.2. The molecule has 0 nitrogen and oxygen atoms in total. The van der Waals surface area contributed by atoms with E-state index in [1.807, 2.05) is 0 Å². The summed E-state index contributed by atoms with van der Waals surface area (Å²) in [6.45, 7) is 12.6. The SMILES string of the molecule is [CH2]C(C)(C)C(C)C. The van der Waals surface area contributed by atoms with E-state index in [0.29, 0.717) is 5.92 Å². The molecular weight excluding hydrogens is 84.1 g/mol. The summed E-state index contributed by atoms with van der Waals surface area (Å²) in [7, 11) is 0. The van der Waals surface area contributed by atoms with Crippen molar-refractivity contribution in [3.05, 3.63) is 6.92 Å². The minimum absolute atomic E-state index is 0.250. The molecule has 0 unspecified atom stereocenters. The normalized spacial score (nSPS) is 12.9. The molecule has 0 aliphatic rings. The molecule has 0 aliphatic heterocycles. The fourth-order valence-corrected chi connectivity index (χ4v) is 0. The summed E-state index contributed by atoms with van der Waals surface area (Å²) < 4.78 is 0. The standard InChI is InChI=1S/C7H15/c1-6(2)7(3,4)5/h6H,3H2,1-2,4-5H3. The van der Waals surface area contributed by atoms with Crippen molar-refractivity contribution in [3.8, 4) is 0 Å². The average Bonchev–Trinajstić information content (AvgIpc) is 1.31. The molecule has 0 heteroatoms. The van der Waals surface area contributed by atoms with Crippen LogP contribution in [0.15, 0.2) is 0 Å². The van der Waals surface area contributed by atoms with E-state index < -0.39 is 0 Å². The second-order valence-corrected chi connectivity index (χ2v) is 3.14. The smallest absolute Gasteiger partial charge is 0.0331 e. The third kappa shape index (κ3) is 2.67. The summed E-state index contributed by atoms with van der Waals surface area (Å²) >= 11 is 0.